The molecule has 2 rings (SSSR count). The summed E-state index contributed by atoms with van der Waals surface area (Å²) in [5, 5.41) is 8.83. The van der Waals surface area contributed by atoms with Gasteiger partial charge in [0.05, 0.1) is 0 Å². The lowest BCUT2D eigenvalue weighted by Crippen LogP contribution is -2.47. The van der Waals surface area contributed by atoms with Crippen LogP contribution in [0.5, 0.6) is 0 Å². The zero-order valence-electron chi connectivity index (χ0n) is 7.94. The van der Waals surface area contributed by atoms with Crippen LogP contribution >= 0.6 is 0 Å². The van der Waals surface area contributed by atoms with Gasteiger partial charge < -0.3 is 10.1 Å². The molecular formula is C10H14N2O2. The van der Waals surface area contributed by atoms with E-state index in [9.17, 15) is 4.79 Å². The molecule has 0 unspecified atom stereocenters. The predicted molar refractivity (Wildman–Crippen MR) is 52.9 cm³/mol. The van der Waals surface area contributed by atoms with Crippen molar-refractivity contribution < 1.29 is 5.11 Å². The van der Waals surface area contributed by atoms with Crippen LogP contribution in [0.25, 0.3) is 0 Å². The molecule has 2 heterocycles. The first-order valence-electron chi connectivity index (χ1n) is 4.79. The zero-order chi connectivity index (χ0) is 9.97. The van der Waals surface area contributed by atoms with E-state index in [0.29, 0.717) is 5.92 Å². The van der Waals surface area contributed by atoms with E-state index < -0.39 is 0 Å². The number of hydrogen-bond donors (Lipinski definition) is 2. The Balaban J connectivity index is 1.90. The highest BCUT2D eigenvalue weighted by Crippen LogP contribution is 2.16. The minimum atomic E-state index is -0.0540. The Morgan fingerprint density at radius 2 is 2.36 bits per heavy atom. The maximum absolute atomic E-state index is 11.0. The normalized spacial score (nSPS) is 18.1. The SMILES string of the molecule is O=c1cc(CN2CC(CO)C2)cc[nH]1. The molecule has 0 spiro atoms. The zero-order valence-corrected chi connectivity index (χ0v) is 7.94. The summed E-state index contributed by atoms with van der Waals surface area (Å²) in [7, 11) is 0. The second-order valence-corrected chi connectivity index (χ2v) is 3.80. The monoisotopic (exact) mass is 194 g/mol. The van der Waals surface area contributed by atoms with Crippen LogP contribution < -0.4 is 5.56 Å². The topological polar surface area (TPSA) is 56.3 Å². The average Bonchev–Trinajstić information content (AvgIpc) is 2.10. The van der Waals surface area contributed by atoms with Gasteiger partial charge in [0.15, 0.2) is 0 Å². The molecule has 0 radical (unpaired) electrons. The molecule has 1 aromatic rings. The summed E-state index contributed by atoms with van der Waals surface area (Å²) in [6, 6.07) is 3.53. The molecule has 1 aliphatic heterocycles. The Bertz CT molecular complexity index is 355. The molecule has 2 N–H and O–H groups in total. The Hall–Kier alpha value is -1.13. The maximum atomic E-state index is 11.0. The van der Waals surface area contributed by atoms with Gasteiger partial charge >= 0.3 is 0 Å². The van der Waals surface area contributed by atoms with Crippen molar-refractivity contribution in [3.05, 3.63) is 34.2 Å². The van der Waals surface area contributed by atoms with Gasteiger partial charge in [0.1, 0.15) is 0 Å². The number of likely N-dealkylation sites (tertiary alicyclic amines) is 1. The van der Waals surface area contributed by atoms with E-state index in [1.807, 2.05) is 6.07 Å². The quantitative estimate of drug-likeness (QED) is 0.700. The summed E-state index contributed by atoms with van der Waals surface area (Å²) in [4.78, 5) is 15.8. The van der Waals surface area contributed by atoms with E-state index in [1.54, 1.807) is 12.3 Å². The Kier molecular flexibility index (Phi) is 2.65. The standard InChI is InChI=1S/C10H14N2O2/c13-7-9-5-12(6-9)4-8-1-2-11-10(14)3-8/h1-3,9,13H,4-7H2,(H,11,14). The first kappa shape index (κ1) is 9.43. The fourth-order valence-electron chi connectivity index (χ4n) is 1.77. The van der Waals surface area contributed by atoms with Gasteiger partial charge in [-0.1, -0.05) is 0 Å². The second-order valence-electron chi connectivity index (χ2n) is 3.80. The Morgan fingerprint density at radius 1 is 1.57 bits per heavy atom. The molecule has 0 saturated carbocycles. The molecule has 0 aromatic carbocycles. The molecule has 0 atom stereocenters. The molecule has 0 aliphatic carbocycles. The lowest BCUT2D eigenvalue weighted by molar-refractivity contribution is 0.0479. The smallest absolute Gasteiger partial charge is 0.248 e. The number of pyridine rings is 1. The fraction of sp³-hybridized carbons (Fsp3) is 0.500. The van der Waals surface area contributed by atoms with Crippen LogP contribution in [-0.2, 0) is 6.54 Å². The van der Waals surface area contributed by atoms with Crippen molar-refractivity contribution in [2.75, 3.05) is 19.7 Å². The van der Waals surface area contributed by atoms with E-state index in [-0.39, 0.29) is 12.2 Å². The predicted octanol–water partition coefficient (Wildman–Crippen LogP) is -0.201. The largest absolute Gasteiger partial charge is 0.396 e. The molecule has 4 heteroatoms. The number of aliphatic hydroxyl groups is 1. The van der Waals surface area contributed by atoms with Crippen molar-refractivity contribution in [1.82, 2.24) is 9.88 Å². The van der Waals surface area contributed by atoms with Crippen LogP contribution in [0, 0.1) is 5.92 Å². The van der Waals surface area contributed by atoms with Crippen LogP contribution in [-0.4, -0.2) is 34.7 Å². The van der Waals surface area contributed by atoms with E-state index in [0.717, 1.165) is 25.2 Å². The maximum Gasteiger partial charge on any atom is 0.248 e. The highest BCUT2D eigenvalue weighted by molar-refractivity contribution is 5.10. The molecule has 14 heavy (non-hydrogen) atoms. The number of aromatic amines is 1. The van der Waals surface area contributed by atoms with Crippen LogP contribution in [0.4, 0.5) is 0 Å². The van der Waals surface area contributed by atoms with Crippen LogP contribution in [0.2, 0.25) is 0 Å². The molecule has 4 nitrogen and oxygen atoms in total. The van der Waals surface area contributed by atoms with Gasteiger partial charge in [0, 0.05) is 44.4 Å². The number of hydrogen-bond acceptors (Lipinski definition) is 3. The molecule has 76 valence electrons. The summed E-state index contributed by atoms with van der Waals surface area (Å²) >= 11 is 0. The average molecular weight is 194 g/mol. The van der Waals surface area contributed by atoms with Gasteiger partial charge in [-0.15, -0.1) is 0 Å². The van der Waals surface area contributed by atoms with Crippen LogP contribution in [0.3, 0.4) is 0 Å². The lowest BCUT2D eigenvalue weighted by Gasteiger charge is -2.38. The summed E-state index contributed by atoms with van der Waals surface area (Å²) in [5.41, 5.74) is 0.979. The number of nitrogens with one attached hydrogen (secondary N) is 1. The van der Waals surface area contributed by atoms with Crippen molar-refractivity contribution >= 4 is 0 Å². The summed E-state index contributed by atoms with van der Waals surface area (Å²) in [5.74, 6) is 0.428. The minimum Gasteiger partial charge on any atom is -0.396 e. The first-order valence-corrected chi connectivity index (χ1v) is 4.79. The molecule has 0 amide bonds. The Labute approximate surface area is 82.2 Å². The molecule has 1 aliphatic rings. The summed E-state index contributed by atoms with van der Waals surface area (Å²) in [6.07, 6.45) is 1.67. The molecular weight excluding hydrogens is 180 g/mol. The number of aliphatic hydroxyl groups excluding tert-OH is 1. The Morgan fingerprint density at radius 3 is 3.00 bits per heavy atom. The molecule has 1 saturated heterocycles. The highest BCUT2D eigenvalue weighted by atomic mass is 16.3. The van der Waals surface area contributed by atoms with E-state index in [1.165, 1.54) is 0 Å². The third-order valence-electron chi connectivity index (χ3n) is 2.54. The van der Waals surface area contributed by atoms with Gasteiger partial charge in [-0.3, -0.25) is 9.69 Å². The van der Waals surface area contributed by atoms with E-state index in [2.05, 4.69) is 9.88 Å². The van der Waals surface area contributed by atoms with Crippen molar-refractivity contribution in [3.63, 3.8) is 0 Å². The number of H-pyrrole nitrogens is 1. The van der Waals surface area contributed by atoms with Gasteiger partial charge in [-0.2, -0.15) is 0 Å². The number of nitrogens with zero attached hydrogens (tertiary/aromatic N) is 1. The minimum absolute atomic E-state index is 0.0540. The molecule has 0 bridgehead atoms. The van der Waals surface area contributed by atoms with Gasteiger partial charge in [0.2, 0.25) is 5.56 Å². The van der Waals surface area contributed by atoms with Gasteiger partial charge in [-0.05, 0) is 11.6 Å². The van der Waals surface area contributed by atoms with Crippen molar-refractivity contribution in [2.24, 2.45) is 5.92 Å². The van der Waals surface area contributed by atoms with Crippen molar-refractivity contribution in [3.8, 4) is 0 Å². The summed E-state index contributed by atoms with van der Waals surface area (Å²) in [6.45, 7) is 2.94. The van der Waals surface area contributed by atoms with Crippen molar-refractivity contribution in [1.29, 1.82) is 0 Å². The third-order valence-corrected chi connectivity index (χ3v) is 2.54. The highest BCUT2D eigenvalue weighted by Gasteiger charge is 2.25. The fourth-order valence-corrected chi connectivity index (χ4v) is 1.77. The van der Waals surface area contributed by atoms with Gasteiger partial charge in [-0.25, -0.2) is 0 Å². The van der Waals surface area contributed by atoms with E-state index >= 15 is 0 Å². The van der Waals surface area contributed by atoms with E-state index in [4.69, 9.17) is 5.11 Å². The van der Waals surface area contributed by atoms with Crippen LogP contribution in [0.1, 0.15) is 5.56 Å². The van der Waals surface area contributed by atoms with Crippen molar-refractivity contribution in [2.45, 2.75) is 6.54 Å². The molecule has 1 fully saturated rings. The summed E-state index contributed by atoms with van der Waals surface area (Å²) < 4.78 is 0. The first-order chi connectivity index (χ1) is 6.78. The second kappa shape index (κ2) is 3.94. The molecule has 1 aromatic heterocycles. The number of aromatic nitrogens is 1. The number of rotatable bonds is 3. The van der Waals surface area contributed by atoms with Crippen LogP contribution in [0.15, 0.2) is 23.1 Å². The van der Waals surface area contributed by atoms with Gasteiger partial charge in [0.25, 0.3) is 0 Å². The third kappa shape index (κ3) is 2.02. The lowest BCUT2D eigenvalue weighted by atomic mass is 10.0.